The van der Waals surface area contributed by atoms with Gasteiger partial charge in [0.2, 0.25) is 0 Å². The van der Waals surface area contributed by atoms with Crippen molar-refractivity contribution >= 4 is 11.9 Å². The van der Waals surface area contributed by atoms with E-state index in [-0.39, 0.29) is 23.4 Å². The molecule has 1 aromatic heterocycles. The van der Waals surface area contributed by atoms with Crippen molar-refractivity contribution in [3.05, 3.63) is 63.8 Å². The number of rotatable bonds is 4. The maximum Gasteiger partial charge on any atom is 0.322 e. The van der Waals surface area contributed by atoms with Crippen LogP contribution in [0, 0.1) is 12.7 Å². The van der Waals surface area contributed by atoms with E-state index in [4.69, 9.17) is 4.74 Å². The molecule has 3 amide bonds. The lowest BCUT2D eigenvalue weighted by Gasteiger charge is -2.29. The molecular formula is C17H16FN3O4. The first-order valence-corrected chi connectivity index (χ1v) is 7.51. The Bertz CT molecular complexity index is 924. The standard InChI is InChI=1S/C17H16FN3O4/c1-10-5-4-8-21(14(10)22)9-17(15(23)19-16(24)20-17)13-11(18)6-3-7-12(13)25-2/h3-8H,9H2,1-2H3,(H2,19,20,23,24). The van der Waals surface area contributed by atoms with Crippen LogP contribution in [0.2, 0.25) is 0 Å². The summed E-state index contributed by atoms with van der Waals surface area (Å²) < 4.78 is 21.1. The molecule has 1 aliphatic rings. The van der Waals surface area contributed by atoms with Gasteiger partial charge in [-0.25, -0.2) is 9.18 Å². The maximum atomic E-state index is 14.6. The van der Waals surface area contributed by atoms with Crippen LogP contribution in [0.3, 0.4) is 0 Å². The SMILES string of the molecule is COc1cccc(F)c1C1(Cn2cccc(C)c2=O)NC(=O)NC1=O. The first-order chi connectivity index (χ1) is 11.9. The van der Waals surface area contributed by atoms with E-state index in [2.05, 4.69) is 10.6 Å². The molecule has 1 aliphatic heterocycles. The molecule has 1 saturated heterocycles. The van der Waals surface area contributed by atoms with E-state index in [9.17, 15) is 18.8 Å². The number of nitrogens with zero attached hydrogens (tertiary/aromatic N) is 1. The highest BCUT2D eigenvalue weighted by Gasteiger charge is 2.51. The van der Waals surface area contributed by atoms with E-state index in [1.807, 2.05) is 0 Å². The quantitative estimate of drug-likeness (QED) is 0.811. The van der Waals surface area contributed by atoms with Gasteiger partial charge >= 0.3 is 6.03 Å². The van der Waals surface area contributed by atoms with Crippen molar-refractivity contribution in [3.8, 4) is 5.75 Å². The minimum Gasteiger partial charge on any atom is -0.496 e. The molecule has 2 heterocycles. The van der Waals surface area contributed by atoms with Gasteiger partial charge in [-0.05, 0) is 25.1 Å². The predicted molar refractivity (Wildman–Crippen MR) is 86.7 cm³/mol. The number of ether oxygens (including phenoxy) is 1. The highest BCUT2D eigenvalue weighted by atomic mass is 19.1. The molecular weight excluding hydrogens is 329 g/mol. The van der Waals surface area contributed by atoms with Gasteiger partial charge in [-0.15, -0.1) is 0 Å². The van der Waals surface area contributed by atoms with E-state index >= 15 is 0 Å². The molecule has 1 atom stereocenters. The van der Waals surface area contributed by atoms with E-state index in [0.717, 1.165) is 6.07 Å². The Morgan fingerprint density at radius 2 is 1.96 bits per heavy atom. The van der Waals surface area contributed by atoms with Crippen LogP contribution in [-0.2, 0) is 16.9 Å². The summed E-state index contributed by atoms with van der Waals surface area (Å²) in [6, 6.07) is 6.57. The fourth-order valence-corrected chi connectivity index (χ4v) is 2.98. The molecule has 0 bridgehead atoms. The van der Waals surface area contributed by atoms with Crippen molar-refractivity contribution in [1.29, 1.82) is 0 Å². The Balaban J connectivity index is 2.23. The summed E-state index contributed by atoms with van der Waals surface area (Å²) in [5.41, 5.74) is -1.81. The van der Waals surface area contributed by atoms with Gasteiger partial charge in [0.15, 0.2) is 5.54 Å². The summed E-state index contributed by atoms with van der Waals surface area (Å²) in [6.45, 7) is 1.35. The van der Waals surface area contributed by atoms with Crippen LogP contribution in [-0.4, -0.2) is 23.6 Å². The number of benzene rings is 1. The summed E-state index contributed by atoms with van der Waals surface area (Å²) in [5, 5.41) is 4.58. The predicted octanol–water partition coefficient (Wildman–Crippen LogP) is 1.04. The summed E-state index contributed by atoms with van der Waals surface area (Å²) in [7, 11) is 1.33. The Morgan fingerprint density at radius 3 is 2.60 bits per heavy atom. The van der Waals surface area contributed by atoms with Crippen LogP contribution in [0.25, 0.3) is 0 Å². The van der Waals surface area contributed by atoms with Crippen molar-refractivity contribution in [3.63, 3.8) is 0 Å². The van der Waals surface area contributed by atoms with Crippen LogP contribution in [0.4, 0.5) is 9.18 Å². The van der Waals surface area contributed by atoms with Gasteiger partial charge in [0.25, 0.3) is 11.5 Å². The number of imide groups is 1. The van der Waals surface area contributed by atoms with Crippen molar-refractivity contribution in [1.82, 2.24) is 15.2 Å². The molecule has 1 unspecified atom stereocenters. The Hall–Kier alpha value is -3.16. The molecule has 0 saturated carbocycles. The normalized spacial score (nSPS) is 19.5. The van der Waals surface area contributed by atoms with Gasteiger partial charge in [0.05, 0.1) is 19.2 Å². The number of aryl methyl sites for hydroxylation is 1. The summed E-state index contributed by atoms with van der Waals surface area (Å²) in [5.74, 6) is -1.38. The molecule has 0 aliphatic carbocycles. The average Bonchev–Trinajstić information content (AvgIpc) is 2.85. The number of hydrogen-bond donors (Lipinski definition) is 2. The smallest absolute Gasteiger partial charge is 0.322 e. The van der Waals surface area contributed by atoms with Crippen molar-refractivity contribution in [2.75, 3.05) is 7.11 Å². The van der Waals surface area contributed by atoms with Crippen molar-refractivity contribution < 1.29 is 18.7 Å². The van der Waals surface area contributed by atoms with Gasteiger partial charge < -0.3 is 14.6 Å². The zero-order valence-corrected chi connectivity index (χ0v) is 13.6. The number of urea groups is 1. The lowest BCUT2D eigenvalue weighted by Crippen LogP contribution is -2.50. The minimum absolute atomic E-state index is 0.0954. The number of halogens is 1. The van der Waals surface area contributed by atoms with E-state index in [1.165, 1.54) is 30.0 Å². The molecule has 130 valence electrons. The van der Waals surface area contributed by atoms with Crippen LogP contribution in [0.1, 0.15) is 11.1 Å². The fraction of sp³-hybridized carbons (Fsp3) is 0.235. The van der Waals surface area contributed by atoms with Gasteiger partial charge in [-0.1, -0.05) is 12.1 Å². The third-order valence-corrected chi connectivity index (χ3v) is 4.18. The number of methoxy groups -OCH3 is 1. The van der Waals surface area contributed by atoms with Crippen LogP contribution in [0.5, 0.6) is 5.75 Å². The molecule has 2 N–H and O–H groups in total. The molecule has 8 heteroatoms. The Morgan fingerprint density at radius 1 is 1.20 bits per heavy atom. The summed E-state index contributed by atoms with van der Waals surface area (Å²) in [4.78, 5) is 36.7. The second kappa shape index (κ2) is 6.04. The van der Waals surface area contributed by atoms with E-state index < -0.39 is 23.3 Å². The van der Waals surface area contributed by atoms with E-state index in [0.29, 0.717) is 5.56 Å². The second-order valence-electron chi connectivity index (χ2n) is 5.75. The topological polar surface area (TPSA) is 89.4 Å². The molecule has 0 spiro atoms. The first kappa shape index (κ1) is 16.7. The molecule has 2 aromatic rings. The first-order valence-electron chi connectivity index (χ1n) is 7.51. The minimum atomic E-state index is -1.80. The lowest BCUT2D eigenvalue weighted by atomic mass is 9.88. The Kier molecular flexibility index (Phi) is 4.03. The molecule has 1 fully saturated rings. The van der Waals surface area contributed by atoms with Gasteiger partial charge in [-0.2, -0.15) is 0 Å². The number of amides is 3. The molecule has 1 aromatic carbocycles. The van der Waals surface area contributed by atoms with Crippen molar-refractivity contribution in [2.24, 2.45) is 0 Å². The van der Waals surface area contributed by atoms with Gasteiger partial charge in [0.1, 0.15) is 11.6 Å². The number of carbonyl (C=O) groups excluding carboxylic acids is 2. The van der Waals surface area contributed by atoms with Crippen molar-refractivity contribution in [2.45, 2.75) is 19.0 Å². The fourth-order valence-electron chi connectivity index (χ4n) is 2.98. The average molecular weight is 345 g/mol. The summed E-state index contributed by atoms with van der Waals surface area (Å²) >= 11 is 0. The van der Waals surface area contributed by atoms with Crippen LogP contribution in [0.15, 0.2) is 41.3 Å². The largest absolute Gasteiger partial charge is 0.496 e. The highest BCUT2D eigenvalue weighted by molar-refractivity contribution is 6.07. The van der Waals surface area contributed by atoms with Crippen LogP contribution >= 0.6 is 0 Å². The summed E-state index contributed by atoms with van der Waals surface area (Å²) in [6.07, 6.45) is 1.47. The Labute approximate surface area is 142 Å². The van der Waals surface area contributed by atoms with Crippen LogP contribution < -0.4 is 20.9 Å². The molecule has 7 nitrogen and oxygen atoms in total. The third-order valence-electron chi connectivity index (χ3n) is 4.18. The van der Waals surface area contributed by atoms with Gasteiger partial charge in [0, 0.05) is 11.8 Å². The van der Waals surface area contributed by atoms with Gasteiger partial charge in [-0.3, -0.25) is 14.9 Å². The number of carbonyl (C=O) groups is 2. The highest BCUT2D eigenvalue weighted by Crippen LogP contribution is 2.35. The molecule has 3 rings (SSSR count). The zero-order chi connectivity index (χ0) is 18.2. The number of aromatic nitrogens is 1. The third kappa shape index (κ3) is 2.65. The monoisotopic (exact) mass is 345 g/mol. The number of nitrogens with one attached hydrogen (secondary N) is 2. The number of pyridine rings is 1. The maximum absolute atomic E-state index is 14.6. The zero-order valence-electron chi connectivity index (χ0n) is 13.6. The molecule has 0 radical (unpaired) electrons. The second-order valence-corrected chi connectivity index (χ2v) is 5.75. The lowest BCUT2D eigenvalue weighted by molar-refractivity contribution is -0.125. The number of hydrogen-bond acceptors (Lipinski definition) is 4. The van der Waals surface area contributed by atoms with E-state index in [1.54, 1.807) is 19.1 Å². The molecule has 25 heavy (non-hydrogen) atoms.